The van der Waals surface area contributed by atoms with Gasteiger partial charge in [0.1, 0.15) is 5.82 Å². The van der Waals surface area contributed by atoms with Crippen LogP contribution >= 0.6 is 0 Å². The number of piperazine rings is 1. The van der Waals surface area contributed by atoms with E-state index in [9.17, 15) is 14.0 Å². The first-order chi connectivity index (χ1) is 16.9. The molecule has 0 saturated carbocycles. The molecule has 0 spiro atoms. The van der Waals surface area contributed by atoms with Crippen LogP contribution in [0.1, 0.15) is 22.7 Å². The van der Waals surface area contributed by atoms with Crippen molar-refractivity contribution >= 4 is 23.2 Å². The number of aryl methyl sites for hydroxylation is 2. The average Bonchev–Trinajstić information content (AvgIpc) is 2.87. The van der Waals surface area contributed by atoms with Gasteiger partial charge in [0.15, 0.2) is 0 Å². The topological polar surface area (TPSA) is 77.6 Å². The lowest BCUT2D eigenvalue weighted by Crippen LogP contribution is -2.50. The zero-order valence-electron chi connectivity index (χ0n) is 20.0. The highest BCUT2D eigenvalue weighted by Crippen LogP contribution is 2.24. The normalized spacial score (nSPS) is 14.9. The molecular formula is C27H30FN5O2. The first-order valence-corrected chi connectivity index (χ1v) is 11.7. The fraction of sp³-hybridized carbons (Fsp3) is 0.296. The highest BCUT2D eigenvalue weighted by atomic mass is 19.1. The van der Waals surface area contributed by atoms with E-state index in [1.807, 2.05) is 38.1 Å². The Balaban J connectivity index is 1.39. The third kappa shape index (κ3) is 6.22. The summed E-state index contributed by atoms with van der Waals surface area (Å²) in [6.07, 6.45) is 3.50. The number of hydrogen-bond acceptors (Lipinski definition) is 5. The summed E-state index contributed by atoms with van der Waals surface area (Å²) in [6.45, 7) is 7.19. The summed E-state index contributed by atoms with van der Waals surface area (Å²) in [5.74, 6) is -1.62. The van der Waals surface area contributed by atoms with Crippen molar-refractivity contribution in [2.75, 3.05) is 42.9 Å². The van der Waals surface area contributed by atoms with Gasteiger partial charge in [-0.05, 0) is 61.4 Å². The van der Waals surface area contributed by atoms with Crippen LogP contribution in [0.25, 0.3) is 0 Å². The Bertz CT molecular complexity index is 1160. The van der Waals surface area contributed by atoms with Crippen molar-refractivity contribution in [3.05, 3.63) is 89.5 Å². The molecule has 3 aromatic rings. The number of amides is 2. The molecule has 7 nitrogen and oxygen atoms in total. The Labute approximate surface area is 205 Å². The van der Waals surface area contributed by atoms with Crippen LogP contribution in [0.2, 0.25) is 0 Å². The van der Waals surface area contributed by atoms with Gasteiger partial charge in [-0.2, -0.15) is 0 Å². The number of rotatable bonds is 6. The predicted molar refractivity (Wildman–Crippen MR) is 135 cm³/mol. The van der Waals surface area contributed by atoms with E-state index < -0.39 is 11.8 Å². The molecule has 1 aliphatic heterocycles. The Morgan fingerprint density at radius 1 is 1.00 bits per heavy atom. The number of benzene rings is 2. The number of hydrogen-bond donors (Lipinski definition) is 2. The highest BCUT2D eigenvalue weighted by Gasteiger charge is 2.27. The fourth-order valence-electron chi connectivity index (χ4n) is 4.38. The first-order valence-electron chi connectivity index (χ1n) is 11.7. The molecule has 1 aliphatic rings. The minimum absolute atomic E-state index is 0.128. The number of halogens is 1. The van der Waals surface area contributed by atoms with E-state index in [4.69, 9.17) is 0 Å². The quantitative estimate of drug-likeness (QED) is 0.534. The molecule has 2 heterocycles. The van der Waals surface area contributed by atoms with Gasteiger partial charge in [0.05, 0.1) is 6.04 Å². The molecule has 0 unspecified atom stereocenters. The van der Waals surface area contributed by atoms with Crippen molar-refractivity contribution < 1.29 is 14.0 Å². The molecule has 1 atom stereocenters. The number of carbonyl (C=O) groups excluding carboxylic acids is 2. The van der Waals surface area contributed by atoms with Gasteiger partial charge >= 0.3 is 11.8 Å². The summed E-state index contributed by atoms with van der Waals surface area (Å²) in [6, 6.07) is 15.9. The Kier molecular flexibility index (Phi) is 7.72. The smallest absolute Gasteiger partial charge is 0.313 e. The molecule has 2 aromatic carbocycles. The van der Waals surface area contributed by atoms with E-state index in [2.05, 4.69) is 25.4 Å². The monoisotopic (exact) mass is 475 g/mol. The maximum absolute atomic E-state index is 13.3. The van der Waals surface area contributed by atoms with Crippen molar-refractivity contribution in [2.24, 2.45) is 0 Å². The van der Waals surface area contributed by atoms with E-state index in [0.29, 0.717) is 5.69 Å². The largest absolute Gasteiger partial charge is 0.369 e. The lowest BCUT2D eigenvalue weighted by Gasteiger charge is -2.40. The molecule has 1 saturated heterocycles. The van der Waals surface area contributed by atoms with Gasteiger partial charge in [0.2, 0.25) is 0 Å². The highest BCUT2D eigenvalue weighted by molar-refractivity contribution is 6.39. The summed E-state index contributed by atoms with van der Waals surface area (Å²) in [4.78, 5) is 33.9. The van der Waals surface area contributed by atoms with Crippen molar-refractivity contribution in [2.45, 2.75) is 19.9 Å². The lowest BCUT2D eigenvalue weighted by atomic mass is 10.1. The maximum Gasteiger partial charge on any atom is 0.313 e. The summed E-state index contributed by atoms with van der Waals surface area (Å²) in [7, 11) is 0. The average molecular weight is 476 g/mol. The number of pyridine rings is 1. The van der Waals surface area contributed by atoms with Crippen molar-refractivity contribution in [3.8, 4) is 0 Å². The molecule has 2 amide bonds. The van der Waals surface area contributed by atoms with Crippen molar-refractivity contribution in [1.82, 2.24) is 15.2 Å². The van der Waals surface area contributed by atoms with E-state index in [1.54, 1.807) is 30.6 Å². The molecule has 2 N–H and O–H groups in total. The second-order valence-corrected chi connectivity index (χ2v) is 8.78. The minimum Gasteiger partial charge on any atom is -0.369 e. The summed E-state index contributed by atoms with van der Waals surface area (Å²) in [5.41, 5.74) is 4.57. The van der Waals surface area contributed by atoms with Gasteiger partial charge < -0.3 is 15.5 Å². The molecule has 1 aromatic heterocycles. The molecule has 35 heavy (non-hydrogen) atoms. The van der Waals surface area contributed by atoms with E-state index in [0.717, 1.165) is 48.6 Å². The van der Waals surface area contributed by atoms with E-state index in [1.165, 1.54) is 12.1 Å². The summed E-state index contributed by atoms with van der Waals surface area (Å²) < 4.78 is 13.3. The van der Waals surface area contributed by atoms with Gasteiger partial charge in [0.25, 0.3) is 0 Å². The predicted octanol–water partition coefficient (Wildman–Crippen LogP) is 3.46. The van der Waals surface area contributed by atoms with Gasteiger partial charge in [-0.15, -0.1) is 0 Å². The van der Waals surface area contributed by atoms with Crippen LogP contribution in [0, 0.1) is 19.7 Å². The number of nitrogens with zero attached hydrogens (tertiary/aromatic N) is 3. The lowest BCUT2D eigenvalue weighted by molar-refractivity contribution is -0.136. The summed E-state index contributed by atoms with van der Waals surface area (Å²) in [5, 5.41) is 5.50. The molecule has 8 heteroatoms. The van der Waals surface area contributed by atoms with Crippen LogP contribution in [-0.2, 0) is 9.59 Å². The van der Waals surface area contributed by atoms with Crippen LogP contribution in [0.3, 0.4) is 0 Å². The molecule has 0 aliphatic carbocycles. The Hall–Kier alpha value is -3.78. The molecule has 0 radical (unpaired) electrons. The maximum atomic E-state index is 13.3. The number of aromatic nitrogens is 1. The summed E-state index contributed by atoms with van der Waals surface area (Å²) >= 11 is 0. The zero-order valence-corrected chi connectivity index (χ0v) is 20.0. The van der Waals surface area contributed by atoms with Gasteiger partial charge in [0, 0.05) is 56.5 Å². The molecule has 1 fully saturated rings. The Morgan fingerprint density at radius 2 is 1.74 bits per heavy atom. The third-order valence-electron chi connectivity index (χ3n) is 6.31. The zero-order chi connectivity index (χ0) is 24.8. The van der Waals surface area contributed by atoms with E-state index >= 15 is 0 Å². The molecule has 0 bridgehead atoms. The van der Waals surface area contributed by atoms with Crippen LogP contribution in [0.15, 0.2) is 67.0 Å². The first kappa shape index (κ1) is 24.3. The van der Waals surface area contributed by atoms with E-state index in [-0.39, 0.29) is 18.4 Å². The standard InChI is InChI=1S/C27H30FN5O2/c1-19-5-10-24(20(2)16-19)31-27(35)26(34)30-18-25(21-4-3-11-29-17-21)33-14-12-32(13-15-33)23-8-6-22(28)7-9-23/h3-11,16-17,25H,12-15,18H2,1-2H3,(H,30,34)(H,31,35)/t25-/m0/s1. The van der Waals surface area contributed by atoms with Crippen LogP contribution in [0.5, 0.6) is 0 Å². The third-order valence-corrected chi connectivity index (χ3v) is 6.31. The SMILES string of the molecule is Cc1ccc(NC(=O)C(=O)NC[C@@H](c2cccnc2)N2CCN(c3ccc(F)cc3)CC2)c(C)c1. The Morgan fingerprint density at radius 3 is 2.40 bits per heavy atom. The van der Waals surface area contributed by atoms with Gasteiger partial charge in [-0.3, -0.25) is 19.5 Å². The number of nitrogens with one attached hydrogen (secondary N) is 2. The molecular weight excluding hydrogens is 445 g/mol. The second-order valence-electron chi connectivity index (χ2n) is 8.78. The number of anilines is 2. The van der Waals surface area contributed by atoms with Gasteiger partial charge in [-0.1, -0.05) is 23.8 Å². The second kappa shape index (κ2) is 11.1. The number of carbonyl (C=O) groups is 2. The van der Waals surface area contributed by atoms with Crippen molar-refractivity contribution in [1.29, 1.82) is 0 Å². The van der Waals surface area contributed by atoms with Gasteiger partial charge in [-0.25, -0.2) is 4.39 Å². The van der Waals surface area contributed by atoms with Crippen LogP contribution < -0.4 is 15.5 Å². The van der Waals surface area contributed by atoms with Crippen LogP contribution in [-0.4, -0.2) is 54.4 Å². The van der Waals surface area contributed by atoms with Crippen LogP contribution in [0.4, 0.5) is 15.8 Å². The minimum atomic E-state index is -0.692. The molecule has 182 valence electrons. The fourth-order valence-corrected chi connectivity index (χ4v) is 4.38. The molecule has 4 rings (SSSR count). The van der Waals surface area contributed by atoms with Crippen molar-refractivity contribution in [3.63, 3.8) is 0 Å².